The molecule has 6 nitrogen and oxygen atoms in total. The molecule has 0 saturated carbocycles. The Labute approximate surface area is 105 Å². The van der Waals surface area contributed by atoms with Crippen LogP contribution in [0, 0.1) is 13.8 Å². The molecule has 0 aliphatic heterocycles. The van der Waals surface area contributed by atoms with Gasteiger partial charge in [0.25, 0.3) is 5.91 Å². The number of nitrogens with one attached hydrogen (secondary N) is 2. The first-order valence-electron chi connectivity index (χ1n) is 5.85. The summed E-state index contributed by atoms with van der Waals surface area (Å²) in [7, 11) is 0. The van der Waals surface area contributed by atoms with Gasteiger partial charge in [-0.2, -0.15) is 0 Å². The molecule has 2 rings (SSSR count). The number of nitrogens with zero attached hydrogens (tertiary/aromatic N) is 2. The maximum atomic E-state index is 11.9. The summed E-state index contributed by atoms with van der Waals surface area (Å²) in [6, 6.07) is 1.46. The van der Waals surface area contributed by atoms with Crippen LogP contribution in [-0.4, -0.2) is 21.0 Å². The van der Waals surface area contributed by atoms with Crippen molar-refractivity contribution in [3.63, 3.8) is 0 Å². The van der Waals surface area contributed by atoms with Crippen molar-refractivity contribution in [3.8, 4) is 0 Å². The fourth-order valence-electron chi connectivity index (χ4n) is 1.68. The van der Waals surface area contributed by atoms with E-state index in [2.05, 4.69) is 20.4 Å². The number of imidazole rings is 1. The third-order valence-corrected chi connectivity index (χ3v) is 2.63. The Morgan fingerprint density at radius 2 is 2.33 bits per heavy atom. The molecule has 0 fully saturated rings. The number of aromatic nitrogens is 3. The monoisotopic (exact) mass is 248 g/mol. The van der Waals surface area contributed by atoms with E-state index in [0.717, 1.165) is 17.9 Å². The number of hydrogen-bond acceptors (Lipinski definition) is 4. The molecular formula is C12H16N4O2. The molecule has 0 aliphatic rings. The normalized spacial score (nSPS) is 12.4. The van der Waals surface area contributed by atoms with Crippen LogP contribution in [-0.2, 0) is 0 Å². The first kappa shape index (κ1) is 12.3. The Hall–Kier alpha value is -2.11. The lowest BCUT2D eigenvalue weighted by molar-refractivity contribution is 0.0924. The number of rotatable bonds is 4. The van der Waals surface area contributed by atoms with Crippen LogP contribution in [0.2, 0.25) is 0 Å². The van der Waals surface area contributed by atoms with Crippen molar-refractivity contribution < 1.29 is 9.32 Å². The van der Waals surface area contributed by atoms with E-state index in [1.807, 2.05) is 13.8 Å². The molecule has 1 amide bonds. The van der Waals surface area contributed by atoms with Gasteiger partial charge in [0.15, 0.2) is 5.69 Å². The molecular weight excluding hydrogens is 232 g/mol. The van der Waals surface area contributed by atoms with E-state index in [4.69, 9.17) is 4.52 Å². The van der Waals surface area contributed by atoms with Crippen LogP contribution in [0.15, 0.2) is 16.8 Å². The van der Waals surface area contributed by atoms with Crippen LogP contribution in [0.5, 0.6) is 0 Å². The predicted molar refractivity (Wildman–Crippen MR) is 65.1 cm³/mol. The Morgan fingerprint density at radius 1 is 1.56 bits per heavy atom. The summed E-state index contributed by atoms with van der Waals surface area (Å²) in [5.74, 6) is 1.11. The summed E-state index contributed by atoms with van der Waals surface area (Å²) >= 11 is 0. The average Bonchev–Trinajstić information content (AvgIpc) is 2.94. The number of hydrogen-bond donors (Lipinski definition) is 2. The van der Waals surface area contributed by atoms with Crippen molar-refractivity contribution in [2.45, 2.75) is 33.2 Å². The molecule has 0 aliphatic carbocycles. The molecule has 0 spiro atoms. The number of aromatic amines is 1. The van der Waals surface area contributed by atoms with Gasteiger partial charge in [-0.25, -0.2) is 4.98 Å². The van der Waals surface area contributed by atoms with E-state index in [1.54, 1.807) is 19.2 Å². The molecule has 2 heterocycles. The highest BCUT2D eigenvalue weighted by Crippen LogP contribution is 2.14. The Morgan fingerprint density at radius 3 is 2.83 bits per heavy atom. The molecule has 0 unspecified atom stereocenters. The molecule has 0 saturated heterocycles. The zero-order valence-electron chi connectivity index (χ0n) is 10.7. The minimum absolute atomic E-state index is 0.150. The van der Waals surface area contributed by atoms with Gasteiger partial charge in [0.05, 0.1) is 6.04 Å². The second-order valence-corrected chi connectivity index (χ2v) is 4.21. The van der Waals surface area contributed by atoms with Gasteiger partial charge in [0.2, 0.25) is 0 Å². The summed E-state index contributed by atoms with van der Waals surface area (Å²) in [4.78, 5) is 19.3. The van der Waals surface area contributed by atoms with Gasteiger partial charge < -0.3 is 14.8 Å². The van der Waals surface area contributed by atoms with Gasteiger partial charge in [-0.05, 0) is 20.3 Å². The number of H-pyrrole nitrogens is 1. The van der Waals surface area contributed by atoms with Crippen LogP contribution >= 0.6 is 0 Å². The average molecular weight is 248 g/mol. The zero-order chi connectivity index (χ0) is 13.1. The third kappa shape index (κ3) is 2.58. The summed E-state index contributed by atoms with van der Waals surface area (Å²) in [5, 5.41) is 6.56. The van der Waals surface area contributed by atoms with Crippen LogP contribution < -0.4 is 5.32 Å². The van der Waals surface area contributed by atoms with Gasteiger partial charge in [-0.1, -0.05) is 12.1 Å². The summed E-state index contributed by atoms with van der Waals surface area (Å²) < 4.78 is 4.88. The number of amides is 1. The SMILES string of the molecule is CC[C@H](NC(=O)c1cc(C)on1)c1ncc(C)[nH]1. The lowest BCUT2D eigenvalue weighted by atomic mass is 10.2. The summed E-state index contributed by atoms with van der Waals surface area (Å²) in [6.45, 7) is 5.65. The Bertz CT molecular complexity index is 544. The molecule has 0 radical (unpaired) electrons. The molecule has 2 N–H and O–H groups in total. The van der Waals surface area contributed by atoms with E-state index < -0.39 is 0 Å². The number of carbonyl (C=O) groups is 1. The largest absolute Gasteiger partial charge is 0.361 e. The van der Waals surface area contributed by atoms with E-state index in [1.165, 1.54) is 0 Å². The highest BCUT2D eigenvalue weighted by Gasteiger charge is 2.18. The van der Waals surface area contributed by atoms with E-state index in [0.29, 0.717) is 5.76 Å². The highest BCUT2D eigenvalue weighted by atomic mass is 16.5. The van der Waals surface area contributed by atoms with Crippen molar-refractivity contribution in [3.05, 3.63) is 35.2 Å². The molecule has 2 aromatic heterocycles. The Kier molecular flexibility index (Phi) is 3.45. The first-order chi connectivity index (χ1) is 8.60. The van der Waals surface area contributed by atoms with E-state index in [-0.39, 0.29) is 17.6 Å². The third-order valence-electron chi connectivity index (χ3n) is 2.63. The van der Waals surface area contributed by atoms with Gasteiger partial charge in [-0.15, -0.1) is 0 Å². The minimum atomic E-state index is -0.257. The van der Waals surface area contributed by atoms with Gasteiger partial charge in [-0.3, -0.25) is 4.79 Å². The standard InChI is InChI=1S/C12H16N4O2/c1-4-9(11-13-6-7(2)14-11)15-12(17)10-5-8(3)18-16-10/h5-6,9H,4H2,1-3H3,(H,13,14)(H,15,17)/t9-/m0/s1. The second-order valence-electron chi connectivity index (χ2n) is 4.21. The molecule has 0 aromatic carbocycles. The van der Waals surface area contributed by atoms with Crippen molar-refractivity contribution in [2.75, 3.05) is 0 Å². The lowest BCUT2D eigenvalue weighted by Crippen LogP contribution is -2.29. The molecule has 18 heavy (non-hydrogen) atoms. The molecule has 96 valence electrons. The smallest absolute Gasteiger partial charge is 0.274 e. The zero-order valence-corrected chi connectivity index (χ0v) is 10.7. The van der Waals surface area contributed by atoms with Crippen molar-refractivity contribution in [1.29, 1.82) is 0 Å². The fraction of sp³-hybridized carbons (Fsp3) is 0.417. The van der Waals surface area contributed by atoms with Crippen LogP contribution in [0.25, 0.3) is 0 Å². The van der Waals surface area contributed by atoms with Gasteiger partial charge in [0, 0.05) is 18.0 Å². The fourth-order valence-corrected chi connectivity index (χ4v) is 1.68. The van der Waals surface area contributed by atoms with Crippen LogP contribution in [0.1, 0.15) is 47.2 Å². The van der Waals surface area contributed by atoms with Crippen molar-refractivity contribution in [1.82, 2.24) is 20.4 Å². The quantitative estimate of drug-likeness (QED) is 0.865. The number of aryl methyl sites for hydroxylation is 2. The summed E-state index contributed by atoms with van der Waals surface area (Å²) in [5.41, 5.74) is 1.25. The van der Waals surface area contributed by atoms with Crippen LogP contribution in [0.4, 0.5) is 0 Å². The lowest BCUT2D eigenvalue weighted by Gasteiger charge is -2.13. The topological polar surface area (TPSA) is 83.8 Å². The maximum absolute atomic E-state index is 11.9. The molecule has 1 atom stereocenters. The van der Waals surface area contributed by atoms with E-state index >= 15 is 0 Å². The molecule has 6 heteroatoms. The second kappa shape index (κ2) is 5.03. The molecule has 2 aromatic rings. The van der Waals surface area contributed by atoms with Crippen molar-refractivity contribution in [2.24, 2.45) is 0 Å². The summed E-state index contributed by atoms with van der Waals surface area (Å²) in [6.07, 6.45) is 2.49. The van der Waals surface area contributed by atoms with Crippen molar-refractivity contribution >= 4 is 5.91 Å². The predicted octanol–water partition coefficient (Wildman–Crippen LogP) is 1.90. The van der Waals surface area contributed by atoms with Gasteiger partial charge >= 0.3 is 0 Å². The molecule has 0 bridgehead atoms. The van der Waals surface area contributed by atoms with E-state index in [9.17, 15) is 4.79 Å². The number of carbonyl (C=O) groups excluding carboxylic acids is 1. The van der Waals surface area contributed by atoms with Crippen LogP contribution in [0.3, 0.4) is 0 Å². The highest BCUT2D eigenvalue weighted by molar-refractivity contribution is 5.92. The van der Waals surface area contributed by atoms with Gasteiger partial charge in [0.1, 0.15) is 11.6 Å². The maximum Gasteiger partial charge on any atom is 0.274 e. The Balaban J connectivity index is 2.09. The first-order valence-corrected chi connectivity index (χ1v) is 5.85. The minimum Gasteiger partial charge on any atom is -0.361 e.